The standard InChI is InChI=1S/C21H25.C21H26.C9H7.Hf/c1-20(2,3)16-7-9-18-14(12-16)11-15-13-17(21(4,5)6)8-10-19(15)18;1-3-5-7-18-9-13-20(14-10-18)17-21-15-11-19(12-16-21)8-6-4-2;1-2-5-9-7-3-6-8(9)4-1;/h7-10,12H,11H2,1-6H3;9-16H,3-8H2,1-2H3;1-7H;/q-1;;-1;+2. The molecular weight excluding hydrogens is 791 g/mol. The van der Waals surface area contributed by atoms with Gasteiger partial charge in [-0.2, -0.15) is 41.3 Å². The van der Waals surface area contributed by atoms with E-state index in [1.165, 1.54) is 108 Å². The molecule has 7 rings (SSSR count). The zero-order valence-electron chi connectivity index (χ0n) is 33.0. The van der Waals surface area contributed by atoms with Gasteiger partial charge < -0.3 is 0 Å². The van der Waals surface area contributed by atoms with Gasteiger partial charge in [0.25, 0.3) is 0 Å². The first-order valence-corrected chi connectivity index (χ1v) is 21.2. The summed E-state index contributed by atoms with van der Waals surface area (Å²) >= 11 is 1.08. The predicted molar refractivity (Wildman–Crippen MR) is 224 cm³/mol. The first-order chi connectivity index (χ1) is 24.9. The first-order valence-electron chi connectivity index (χ1n) is 19.4. The molecule has 0 saturated carbocycles. The fourth-order valence-electron chi connectivity index (χ4n) is 6.70. The molecule has 0 heterocycles. The zero-order chi connectivity index (χ0) is 37.3. The average Bonchev–Trinajstić information content (AvgIpc) is 3.77. The van der Waals surface area contributed by atoms with E-state index in [1.807, 2.05) is 0 Å². The van der Waals surface area contributed by atoms with Crippen LogP contribution in [0.3, 0.4) is 0 Å². The van der Waals surface area contributed by atoms with Crippen molar-refractivity contribution in [2.75, 3.05) is 0 Å². The van der Waals surface area contributed by atoms with Crippen LogP contribution in [-0.4, -0.2) is 3.26 Å². The molecule has 1 aliphatic rings. The third kappa shape index (κ3) is 10.5. The number of fused-ring (bicyclic) bond motifs is 4. The van der Waals surface area contributed by atoms with Crippen LogP contribution in [0.5, 0.6) is 0 Å². The van der Waals surface area contributed by atoms with E-state index in [4.69, 9.17) is 0 Å². The third-order valence-corrected chi connectivity index (χ3v) is 12.2. The molecule has 1 aliphatic carbocycles. The van der Waals surface area contributed by atoms with Gasteiger partial charge in [-0.15, -0.1) is 40.8 Å². The normalized spacial score (nSPS) is 12.0. The summed E-state index contributed by atoms with van der Waals surface area (Å²) in [6, 6.07) is 48.3. The van der Waals surface area contributed by atoms with Crippen LogP contribution in [0.15, 0.2) is 121 Å². The second kappa shape index (κ2) is 18.0. The van der Waals surface area contributed by atoms with E-state index in [1.54, 1.807) is 0 Å². The Morgan fingerprint density at radius 3 is 1.77 bits per heavy atom. The molecule has 0 amide bonds. The SMILES string of the molecule is CC(C)(C)c1[c-]c2c(cc1)-c1ccc(C(C)(C)C)cc1C2.CCCCc1ccc([C](=[Hf+2])c2ccc(CCCC)cc2)cc1.c1ccc2[cH-]ccc2c1. The maximum Gasteiger partial charge on any atom is -0.0809 e. The molecule has 0 bridgehead atoms. The molecule has 0 aromatic heterocycles. The third-order valence-electron chi connectivity index (χ3n) is 10.1. The molecule has 266 valence electrons. The van der Waals surface area contributed by atoms with E-state index in [-0.39, 0.29) is 10.8 Å². The Balaban J connectivity index is 0.000000163. The first kappa shape index (κ1) is 39.7. The van der Waals surface area contributed by atoms with E-state index in [9.17, 15) is 0 Å². The minimum atomic E-state index is 0.167. The van der Waals surface area contributed by atoms with Crippen LogP contribution in [0.4, 0.5) is 0 Å². The number of benzene rings is 5. The smallest absolute Gasteiger partial charge is 0.0809 e. The van der Waals surface area contributed by atoms with Crippen molar-refractivity contribution < 1.29 is 23.9 Å². The summed E-state index contributed by atoms with van der Waals surface area (Å²) in [4.78, 5) is 0. The molecule has 0 N–H and O–H groups in total. The topological polar surface area (TPSA) is 0 Å². The molecule has 0 fully saturated rings. The summed E-state index contributed by atoms with van der Waals surface area (Å²) in [5, 5.41) is 2.66. The number of hydrogen-bond acceptors (Lipinski definition) is 0. The molecular formula is C51H58Hf. The van der Waals surface area contributed by atoms with Gasteiger partial charge in [0.1, 0.15) is 0 Å². The number of unbranched alkanes of at least 4 members (excludes halogenated alkanes) is 2. The molecule has 0 unspecified atom stereocenters. The Morgan fingerprint density at radius 1 is 0.654 bits per heavy atom. The van der Waals surface area contributed by atoms with Crippen molar-refractivity contribution >= 4 is 14.0 Å². The summed E-state index contributed by atoms with van der Waals surface area (Å²) in [6.45, 7) is 18.1. The van der Waals surface area contributed by atoms with Crippen molar-refractivity contribution in [1.82, 2.24) is 0 Å². The van der Waals surface area contributed by atoms with Crippen molar-refractivity contribution in [3.05, 3.63) is 172 Å². The van der Waals surface area contributed by atoms with E-state index in [0.29, 0.717) is 0 Å². The Labute approximate surface area is 330 Å². The van der Waals surface area contributed by atoms with Gasteiger partial charge in [0, 0.05) is 0 Å². The van der Waals surface area contributed by atoms with E-state index >= 15 is 0 Å². The summed E-state index contributed by atoms with van der Waals surface area (Å²) in [6.07, 6.45) is 8.55. The van der Waals surface area contributed by atoms with E-state index in [0.717, 1.165) is 30.3 Å². The van der Waals surface area contributed by atoms with Gasteiger partial charge in [0.05, 0.1) is 0 Å². The van der Waals surface area contributed by atoms with Gasteiger partial charge in [-0.3, -0.25) is 0 Å². The summed E-state index contributed by atoms with van der Waals surface area (Å²) < 4.78 is 1.50. The van der Waals surface area contributed by atoms with Gasteiger partial charge >= 0.3 is 150 Å². The summed E-state index contributed by atoms with van der Waals surface area (Å²) in [5.74, 6) is 0. The molecule has 0 nitrogen and oxygen atoms in total. The van der Waals surface area contributed by atoms with Crippen molar-refractivity contribution in [1.29, 1.82) is 0 Å². The monoisotopic (exact) mass is 850 g/mol. The quantitative estimate of drug-likeness (QED) is 0.106. The summed E-state index contributed by atoms with van der Waals surface area (Å²) in [7, 11) is 0. The maximum absolute atomic E-state index is 3.67. The molecule has 6 aromatic carbocycles. The van der Waals surface area contributed by atoms with Gasteiger partial charge in [0.2, 0.25) is 0 Å². The van der Waals surface area contributed by atoms with Crippen LogP contribution in [0.1, 0.15) is 126 Å². The number of aryl methyl sites for hydroxylation is 2. The number of hydrogen-bond donors (Lipinski definition) is 0. The van der Waals surface area contributed by atoms with Crippen molar-refractivity contribution in [2.45, 2.75) is 111 Å². The predicted octanol–water partition coefficient (Wildman–Crippen LogP) is 13.7. The van der Waals surface area contributed by atoms with Crippen molar-refractivity contribution in [2.24, 2.45) is 0 Å². The van der Waals surface area contributed by atoms with E-state index in [2.05, 4.69) is 183 Å². The molecule has 1 heteroatoms. The molecule has 0 saturated heterocycles. The largest absolute Gasteiger partial charge is 0.168 e. The van der Waals surface area contributed by atoms with Crippen LogP contribution in [0, 0.1) is 6.07 Å². The van der Waals surface area contributed by atoms with Crippen molar-refractivity contribution in [3.8, 4) is 11.1 Å². The Hall–Kier alpha value is -3.55. The van der Waals surface area contributed by atoms with Crippen LogP contribution < -0.4 is 0 Å². The fourth-order valence-corrected chi connectivity index (χ4v) is 7.90. The van der Waals surface area contributed by atoms with Crippen molar-refractivity contribution in [3.63, 3.8) is 0 Å². The second-order valence-electron chi connectivity index (χ2n) is 16.4. The van der Waals surface area contributed by atoms with Gasteiger partial charge in [0.15, 0.2) is 0 Å². The molecule has 0 aliphatic heterocycles. The van der Waals surface area contributed by atoms with Gasteiger partial charge in [-0.1, -0.05) is 71.4 Å². The van der Waals surface area contributed by atoms with E-state index < -0.39 is 0 Å². The van der Waals surface area contributed by atoms with Crippen LogP contribution in [-0.2, 0) is 54.0 Å². The minimum Gasteiger partial charge on any atom is -0.168 e. The van der Waals surface area contributed by atoms with Gasteiger partial charge in [-0.25, -0.2) is 0 Å². The molecule has 0 atom stereocenters. The Kier molecular flexibility index (Phi) is 13.7. The Morgan fingerprint density at radius 2 is 1.23 bits per heavy atom. The van der Waals surface area contributed by atoms with Crippen LogP contribution >= 0.6 is 0 Å². The maximum atomic E-state index is 3.67. The van der Waals surface area contributed by atoms with Crippen LogP contribution in [0.2, 0.25) is 0 Å². The second-order valence-corrected chi connectivity index (χ2v) is 18.2. The molecule has 6 aromatic rings. The fraction of sp³-hybridized carbons (Fsp3) is 0.333. The summed E-state index contributed by atoms with van der Waals surface area (Å²) in [5.41, 5.74) is 14.4. The minimum absolute atomic E-state index is 0.167. The average molecular weight is 850 g/mol. The number of rotatable bonds is 8. The van der Waals surface area contributed by atoms with Gasteiger partial charge in [-0.05, 0) is 28.4 Å². The molecule has 0 radical (unpaired) electrons. The Bertz CT molecular complexity index is 1890. The zero-order valence-corrected chi connectivity index (χ0v) is 36.6. The molecule has 52 heavy (non-hydrogen) atoms. The van der Waals surface area contributed by atoms with Crippen LogP contribution in [0.25, 0.3) is 21.9 Å². The molecule has 0 spiro atoms.